The van der Waals surface area contributed by atoms with Crippen LogP contribution in [0.25, 0.3) is 0 Å². The number of rotatable bonds is 7. The number of nitrogens with one attached hydrogen (secondary N) is 1. The lowest BCUT2D eigenvalue weighted by Crippen LogP contribution is -2.37. The lowest BCUT2D eigenvalue weighted by atomic mass is 10.2. The van der Waals surface area contributed by atoms with E-state index in [9.17, 15) is 9.18 Å². The van der Waals surface area contributed by atoms with E-state index in [1.807, 2.05) is 4.57 Å². The second-order valence-electron chi connectivity index (χ2n) is 6.35. The van der Waals surface area contributed by atoms with Crippen LogP contribution < -0.4 is 11.1 Å². The van der Waals surface area contributed by atoms with Gasteiger partial charge in [-0.25, -0.2) is 4.39 Å². The molecule has 9 heteroatoms. The van der Waals surface area contributed by atoms with E-state index >= 15 is 0 Å². The van der Waals surface area contributed by atoms with Crippen LogP contribution >= 0.6 is 23.6 Å². The average molecular weight is 411 g/mol. The summed E-state index contributed by atoms with van der Waals surface area (Å²) in [5.41, 5.74) is 6.99. The second kappa shape index (κ2) is 9.41. The van der Waals surface area contributed by atoms with E-state index in [0.29, 0.717) is 27.7 Å². The molecule has 0 atom stereocenters. The standard InChI is InChI=1S/C18H23FN4O2S2/c19-14-4-2-13(3-5-14)12-21-17(24)15-16(20)23(18(26)27-15)7-1-6-22-8-10-25-11-9-22/h2-5H,1,6-12,20H2,(H,21,24). The Kier molecular flexibility index (Phi) is 6.95. The molecule has 0 radical (unpaired) electrons. The molecule has 2 heterocycles. The summed E-state index contributed by atoms with van der Waals surface area (Å²) in [6, 6.07) is 6.00. The summed E-state index contributed by atoms with van der Waals surface area (Å²) >= 11 is 6.61. The van der Waals surface area contributed by atoms with Crippen molar-refractivity contribution in [2.24, 2.45) is 0 Å². The fraction of sp³-hybridized carbons (Fsp3) is 0.444. The molecule has 27 heavy (non-hydrogen) atoms. The Labute approximate surface area is 166 Å². The molecule has 3 rings (SSSR count). The van der Waals surface area contributed by atoms with Crippen molar-refractivity contribution in [2.45, 2.75) is 19.5 Å². The van der Waals surface area contributed by atoms with E-state index in [4.69, 9.17) is 22.7 Å². The normalized spacial score (nSPS) is 15.0. The van der Waals surface area contributed by atoms with E-state index in [2.05, 4.69) is 10.2 Å². The number of halogens is 1. The number of nitrogens with zero attached hydrogens (tertiary/aromatic N) is 2. The predicted molar refractivity (Wildman–Crippen MR) is 107 cm³/mol. The van der Waals surface area contributed by atoms with Gasteiger partial charge in [0, 0.05) is 32.7 Å². The van der Waals surface area contributed by atoms with Crippen LogP contribution in [0.15, 0.2) is 24.3 Å². The van der Waals surface area contributed by atoms with Crippen LogP contribution in [0, 0.1) is 9.77 Å². The summed E-state index contributed by atoms with van der Waals surface area (Å²) in [6.07, 6.45) is 0.909. The molecule has 0 aliphatic carbocycles. The van der Waals surface area contributed by atoms with E-state index in [1.165, 1.54) is 23.5 Å². The topological polar surface area (TPSA) is 72.5 Å². The molecule has 1 saturated heterocycles. The number of carbonyl (C=O) groups is 1. The van der Waals surface area contributed by atoms with Crippen molar-refractivity contribution in [3.8, 4) is 0 Å². The van der Waals surface area contributed by atoms with Crippen LogP contribution in [0.3, 0.4) is 0 Å². The van der Waals surface area contributed by atoms with Gasteiger partial charge in [0.15, 0.2) is 3.95 Å². The van der Waals surface area contributed by atoms with Crippen molar-refractivity contribution >= 4 is 35.3 Å². The Bertz CT molecular complexity index is 829. The summed E-state index contributed by atoms with van der Waals surface area (Å²) in [5.74, 6) is -0.162. The first-order valence-electron chi connectivity index (χ1n) is 8.86. The first-order valence-corrected chi connectivity index (χ1v) is 10.1. The van der Waals surface area contributed by atoms with Crippen molar-refractivity contribution in [3.05, 3.63) is 44.5 Å². The molecule has 0 unspecified atom stereocenters. The summed E-state index contributed by atoms with van der Waals surface area (Å²) in [4.78, 5) is 15.2. The Balaban J connectivity index is 1.56. The Morgan fingerprint density at radius 3 is 2.67 bits per heavy atom. The molecule has 1 aliphatic rings. The zero-order chi connectivity index (χ0) is 19.2. The molecule has 1 aliphatic heterocycles. The highest BCUT2D eigenvalue weighted by molar-refractivity contribution is 7.73. The fourth-order valence-corrected chi connectivity index (χ4v) is 4.23. The monoisotopic (exact) mass is 410 g/mol. The number of hydrogen-bond donors (Lipinski definition) is 2. The van der Waals surface area contributed by atoms with E-state index in [1.54, 1.807) is 12.1 Å². The molecular weight excluding hydrogens is 387 g/mol. The predicted octanol–water partition coefficient (Wildman–Crippen LogP) is 2.65. The molecule has 0 saturated carbocycles. The smallest absolute Gasteiger partial charge is 0.265 e. The summed E-state index contributed by atoms with van der Waals surface area (Å²) in [7, 11) is 0. The molecule has 6 nitrogen and oxygen atoms in total. The van der Waals surface area contributed by atoms with E-state index in [0.717, 1.165) is 44.8 Å². The third-order valence-electron chi connectivity index (χ3n) is 4.47. The van der Waals surface area contributed by atoms with Crippen molar-refractivity contribution < 1.29 is 13.9 Å². The van der Waals surface area contributed by atoms with Crippen LogP contribution in [0.1, 0.15) is 21.7 Å². The summed E-state index contributed by atoms with van der Waals surface area (Å²) in [6.45, 7) is 5.39. The number of thiazole rings is 1. The molecule has 1 aromatic heterocycles. The van der Waals surface area contributed by atoms with Crippen molar-refractivity contribution in [3.63, 3.8) is 0 Å². The van der Waals surface area contributed by atoms with Gasteiger partial charge in [0.2, 0.25) is 0 Å². The van der Waals surface area contributed by atoms with E-state index < -0.39 is 0 Å². The SMILES string of the molecule is Nc1c(C(=O)NCc2ccc(F)cc2)sc(=S)n1CCCN1CCOCC1. The van der Waals surface area contributed by atoms with Gasteiger partial charge >= 0.3 is 0 Å². The van der Waals surface area contributed by atoms with Gasteiger partial charge in [-0.2, -0.15) is 0 Å². The number of hydrogen-bond acceptors (Lipinski definition) is 6. The van der Waals surface area contributed by atoms with Crippen LogP contribution in [-0.2, 0) is 17.8 Å². The molecule has 2 aromatic rings. The number of aromatic nitrogens is 1. The summed E-state index contributed by atoms with van der Waals surface area (Å²) in [5, 5.41) is 2.81. The molecule has 0 spiro atoms. The Morgan fingerprint density at radius 1 is 1.26 bits per heavy atom. The van der Waals surface area contributed by atoms with Gasteiger partial charge in [0.1, 0.15) is 16.5 Å². The number of benzene rings is 1. The second-order valence-corrected chi connectivity index (χ2v) is 7.99. The lowest BCUT2D eigenvalue weighted by molar-refractivity contribution is 0.0369. The highest BCUT2D eigenvalue weighted by Crippen LogP contribution is 2.22. The molecule has 1 amide bonds. The van der Waals surface area contributed by atoms with Gasteiger partial charge in [0.05, 0.1) is 13.2 Å². The van der Waals surface area contributed by atoms with Gasteiger partial charge in [-0.05, 0) is 36.3 Å². The highest BCUT2D eigenvalue weighted by Gasteiger charge is 2.17. The number of carbonyl (C=O) groups excluding carboxylic acids is 1. The Morgan fingerprint density at radius 2 is 1.96 bits per heavy atom. The number of nitrogens with two attached hydrogens (primary N) is 1. The van der Waals surface area contributed by atoms with Crippen molar-refractivity contribution in [2.75, 3.05) is 38.6 Å². The zero-order valence-corrected chi connectivity index (χ0v) is 16.6. The number of ether oxygens (including phenoxy) is 1. The van der Waals surface area contributed by atoms with Crippen LogP contribution in [0.2, 0.25) is 0 Å². The summed E-state index contributed by atoms with van der Waals surface area (Å²) < 4.78 is 20.7. The maximum atomic E-state index is 12.9. The van der Waals surface area contributed by atoms with Gasteiger partial charge in [-0.3, -0.25) is 9.69 Å². The highest BCUT2D eigenvalue weighted by atomic mass is 32.1. The van der Waals surface area contributed by atoms with Crippen LogP contribution in [0.5, 0.6) is 0 Å². The molecular formula is C18H23FN4O2S2. The minimum Gasteiger partial charge on any atom is -0.384 e. The number of nitrogen functional groups attached to an aromatic ring is 1. The quantitative estimate of drug-likeness (QED) is 0.687. The van der Waals surface area contributed by atoms with Crippen molar-refractivity contribution in [1.82, 2.24) is 14.8 Å². The van der Waals surface area contributed by atoms with Crippen LogP contribution in [-0.4, -0.2) is 48.2 Å². The maximum absolute atomic E-state index is 12.9. The van der Waals surface area contributed by atoms with E-state index in [-0.39, 0.29) is 11.7 Å². The molecule has 1 aromatic carbocycles. The zero-order valence-electron chi connectivity index (χ0n) is 14.9. The van der Waals surface area contributed by atoms with Crippen LogP contribution in [0.4, 0.5) is 10.2 Å². The molecule has 146 valence electrons. The number of amides is 1. The Hall–Kier alpha value is -1.81. The fourth-order valence-electron chi connectivity index (χ4n) is 2.93. The third-order valence-corrected chi connectivity index (χ3v) is 5.93. The number of morpholine rings is 1. The molecule has 0 bridgehead atoms. The number of anilines is 1. The lowest BCUT2D eigenvalue weighted by Gasteiger charge is -2.26. The van der Waals surface area contributed by atoms with Gasteiger partial charge in [-0.15, -0.1) is 0 Å². The maximum Gasteiger partial charge on any atom is 0.265 e. The van der Waals surface area contributed by atoms with Crippen molar-refractivity contribution in [1.29, 1.82) is 0 Å². The minimum absolute atomic E-state index is 0.264. The first-order chi connectivity index (χ1) is 13.0. The molecule has 1 fully saturated rings. The van der Waals surface area contributed by atoms with Gasteiger partial charge < -0.3 is 20.4 Å². The largest absolute Gasteiger partial charge is 0.384 e. The third kappa shape index (κ3) is 5.35. The first kappa shape index (κ1) is 19.9. The van der Waals surface area contributed by atoms with Gasteiger partial charge in [0.25, 0.3) is 5.91 Å². The minimum atomic E-state index is -0.304. The average Bonchev–Trinajstić information content (AvgIpc) is 2.96. The molecule has 3 N–H and O–H groups in total. The van der Waals surface area contributed by atoms with Gasteiger partial charge in [-0.1, -0.05) is 23.5 Å².